The maximum Gasteiger partial charge on any atom is 0.460 e. The molecule has 0 atom stereocenters. The maximum absolute atomic E-state index is 5.89. The van der Waals surface area contributed by atoms with Crippen LogP contribution in [0.25, 0.3) is 0 Å². The molecule has 0 saturated carbocycles. The molecule has 0 N–H and O–H groups in total. The monoisotopic (exact) mass is 244 g/mol. The van der Waals surface area contributed by atoms with Crippen molar-refractivity contribution in [2.45, 2.75) is 64.9 Å². The third kappa shape index (κ3) is 3.58. The molecule has 0 aromatic carbocycles. The smallest absolute Gasteiger partial charge is 0.418 e. The summed E-state index contributed by atoms with van der Waals surface area (Å²) < 4.78 is 17.6. The summed E-state index contributed by atoms with van der Waals surface area (Å²) >= 11 is 0. The van der Waals surface area contributed by atoms with Gasteiger partial charge in [0.15, 0.2) is 8.32 Å². The SMILES string of the molecule is CC1(C)OB(CCO[Si](C)(C)C)OC1(C)C. The summed E-state index contributed by atoms with van der Waals surface area (Å²) in [6, 6.07) is 0. The Morgan fingerprint density at radius 3 is 1.81 bits per heavy atom. The standard InChI is InChI=1S/C11H25BO3Si/c1-10(2)11(3,4)15-12(14-10)8-9-13-16(5,6)7/h8-9H2,1-7H3. The molecule has 0 unspecified atom stereocenters. The third-order valence-electron chi connectivity index (χ3n) is 3.19. The third-order valence-corrected chi connectivity index (χ3v) is 4.26. The summed E-state index contributed by atoms with van der Waals surface area (Å²) in [5.74, 6) is 0. The summed E-state index contributed by atoms with van der Waals surface area (Å²) in [4.78, 5) is 0. The molecule has 0 aromatic rings. The van der Waals surface area contributed by atoms with Crippen molar-refractivity contribution < 1.29 is 13.7 Å². The van der Waals surface area contributed by atoms with Crippen LogP contribution in [-0.4, -0.2) is 33.2 Å². The number of hydrogen-bond acceptors (Lipinski definition) is 3. The molecule has 0 spiro atoms. The van der Waals surface area contributed by atoms with Gasteiger partial charge in [0.25, 0.3) is 0 Å². The van der Waals surface area contributed by atoms with E-state index in [-0.39, 0.29) is 18.3 Å². The van der Waals surface area contributed by atoms with Crippen molar-refractivity contribution in [2.75, 3.05) is 6.61 Å². The molecule has 1 fully saturated rings. The molecule has 1 saturated heterocycles. The molecule has 1 aliphatic rings. The van der Waals surface area contributed by atoms with E-state index in [0.29, 0.717) is 0 Å². The first-order chi connectivity index (χ1) is 7.04. The molecule has 94 valence electrons. The van der Waals surface area contributed by atoms with Crippen molar-refractivity contribution in [3.63, 3.8) is 0 Å². The van der Waals surface area contributed by atoms with Gasteiger partial charge in [-0.1, -0.05) is 0 Å². The summed E-state index contributed by atoms with van der Waals surface area (Å²) in [6.45, 7) is 15.6. The molecule has 0 amide bonds. The lowest BCUT2D eigenvalue weighted by atomic mass is 9.86. The highest BCUT2D eigenvalue weighted by Crippen LogP contribution is 2.37. The van der Waals surface area contributed by atoms with Crippen LogP contribution in [0.5, 0.6) is 0 Å². The van der Waals surface area contributed by atoms with E-state index in [2.05, 4.69) is 47.3 Å². The van der Waals surface area contributed by atoms with Crippen LogP contribution in [0.1, 0.15) is 27.7 Å². The fraction of sp³-hybridized carbons (Fsp3) is 1.00. The van der Waals surface area contributed by atoms with Crippen molar-refractivity contribution in [3.05, 3.63) is 0 Å². The Balaban J connectivity index is 2.38. The van der Waals surface area contributed by atoms with E-state index in [1.807, 2.05) is 0 Å². The molecule has 0 aromatic heterocycles. The van der Waals surface area contributed by atoms with Crippen molar-refractivity contribution >= 4 is 15.4 Å². The zero-order chi connectivity index (χ0) is 12.6. The Bertz CT molecular complexity index is 232. The topological polar surface area (TPSA) is 27.7 Å². The van der Waals surface area contributed by atoms with Gasteiger partial charge in [-0.05, 0) is 47.3 Å². The highest BCUT2D eigenvalue weighted by Gasteiger charge is 2.50. The second kappa shape index (κ2) is 4.44. The highest BCUT2D eigenvalue weighted by atomic mass is 28.4. The quantitative estimate of drug-likeness (QED) is 0.711. The Hall–Kier alpha value is 0.162. The minimum atomic E-state index is -1.41. The Kier molecular flexibility index (Phi) is 3.95. The molecule has 0 radical (unpaired) electrons. The minimum Gasteiger partial charge on any atom is -0.418 e. The Morgan fingerprint density at radius 2 is 1.44 bits per heavy atom. The van der Waals surface area contributed by atoms with Crippen molar-refractivity contribution in [1.82, 2.24) is 0 Å². The minimum absolute atomic E-state index is 0.124. The predicted molar refractivity (Wildman–Crippen MR) is 70.2 cm³/mol. The van der Waals surface area contributed by atoms with E-state index >= 15 is 0 Å². The van der Waals surface area contributed by atoms with Gasteiger partial charge >= 0.3 is 7.12 Å². The van der Waals surface area contributed by atoms with Gasteiger partial charge in [0, 0.05) is 12.9 Å². The molecule has 1 heterocycles. The lowest BCUT2D eigenvalue weighted by Crippen LogP contribution is -2.41. The number of rotatable bonds is 4. The summed E-state index contributed by atoms with van der Waals surface area (Å²) in [5.41, 5.74) is -0.451. The molecule has 3 nitrogen and oxygen atoms in total. The molecule has 0 aliphatic carbocycles. The van der Waals surface area contributed by atoms with Gasteiger partial charge in [0.05, 0.1) is 11.2 Å². The zero-order valence-electron chi connectivity index (χ0n) is 11.7. The molecule has 1 rings (SSSR count). The molecule has 0 bridgehead atoms. The highest BCUT2D eigenvalue weighted by molar-refractivity contribution is 6.69. The van der Waals surface area contributed by atoms with E-state index in [0.717, 1.165) is 12.9 Å². The van der Waals surface area contributed by atoms with Crippen LogP contribution in [0.15, 0.2) is 0 Å². The summed E-state index contributed by atoms with van der Waals surface area (Å²) in [6.07, 6.45) is 0.817. The average molecular weight is 244 g/mol. The first-order valence-electron chi connectivity index (χ1n) is 6.03. The van der Waals surface area contributed by atoms with Gasteiger partial charge in [-0.3, -0.25) is 0 Å². The summed E-state index contributed by atoms with van der Waals surface area (Å²) in [7, 11) is -1.54. The molecule has 1 aliphatic heterocycles. The van der Waals surface area contributed by atoms with E-state index in [1.165, 1.54) is 0 Å². The molecular weight excluding hydrogens is 219 g/mol. The lowest BCUT2D eigenvalue weighted by Gasteiger charge is -2.32. The van der Waals surface area contributed by atoms with Gasteiger partial charge in [-0.25, -0.2) is 0 Å². The van der Waals surface area contributed by atoms with E-state index in [4.69, 9.17) is 13.7 Å². The lowest BCUT2D eigenvalue weighted by molar-refractivity contribution is 0.00578. The predicted octanol–water partition coefficient (Wildman–Crippen LogP) is 2.93. The maximum atomic E-state index is 5.89. The largest absolute Gasteiger partial charge is 0.460 e. The van der Waals surface area contributed by atoms with E-state index < -0.39 is 8.32 Å². The Labute approximate surface area is 101 Å². The van der Waals surface area contributed by atoms with E-state index in [9.17, 15) is 0 Å². The number of hydrogen-bond donors (Lipinski definition) is 0. The van der Waals surface area contributed by atoms with Gasteiger partial charge in [-0.2, -0.15) is 0 Å². The summed E-state index contributed by atoms with van der Waals surface area (Å²) in [5, 5.41) is 0. The van der Waals surface area contributed by atoms with Crippen molar-refractivity contribution in [2.24, 2.45) is 0 Å². The second-order valence-electron chi connectivity index (χ2n) is 6.44. The van der Waals surface area contributed by atoms with Gasteiger partial charge in [0.1, 0.15) is 0 Å². The van der Waals surface area contributed by atoms with Crippen molar-refractivity contribution in [3.8, 4) is 0 Å². The van der Waals surface area contributed by atoms with Crippen LogP contribution in [0.2, 0.25) is 26.0 Å². The zero-order valence-corrected chi connectivity index (χ0v) is 12.7. The van der Waals surface area contributed by atoms with Gasteiger partial charge in [-0.15, -0.1) is 0 Å². The molecule has 5 heteroatoms. The molecule has 16 heavy (non-hydrogen) atoms. The van der Waals surface area contributed by atoms with Gasteiger partial charge < -0.3 is 13.7 Å². The first-order valence-corrected chi connectivity index (χ1v) is 9.44. The van der Waals surface area contributed by atoms with Crippen LogP contribution in [0.3, 0.4) is 0 Å². The van der Waals surface area contributed by atoms with Crippen LogP contribution >= 0.6 is 0 Å². The first kappa shape index (κ1) is 14.2. The van der Waals surface area contributed by atoms with Crippen LogP contribution < -0.4 is 0 Å². The fourth-order valence-electron chi connectivity index (χ4n) is 1.54. The fourth-order valence-corrected chi connectivity index (χ4v) is 2.27. The average Bonchev–Trinajstić information content (AvgIpc) is 2.17. The normalized spacial score (nSPS) is 23.8. The Morgan fingerprint density at radius 1 is 1.00 bits per heavy atom. The molecular formula is C11H25BO3Si. The van der Waals surface area contributed by atoms with Crippen LogP contribution in [0.4, 0.5) is 0 Å². The van der Waals surface area contributed by atoms with Gasteiger partial charge in [0.2, 0.25) is 0 Å². The van der Waals surface area contributed by atoms with Crippen LogP contribution in [0, 0.1) is 0 Å². The second-order valence-corrected chi connectivity index (χ2v) is 10.9. The van der Waals surface area contributed by atoms with Crippen molar-refractivity contribution in [1.29, 1.82) is 0 Å². The van der Waals surface area contributed by atoms with E-state index in [1.54, 1.807) is 0 Å². The van der Waals surface area contributed by atoms with Crippen LogP contribution in [-0.2, 0) is 13.7 Å².